The molecule has 188 valence electrons. The number of benzene rings is 2. The Morgan fingerprint density at radius 1 is 0.972 bits per heavy atom. The van der Waals surface area contributed by atoms with Crippen molar-refractivity contribution in [1.82, 2.24) is 14.8 Å². The first kappa shape index (κ1) is 25.6. The quantitative estimate of drug-likeness (QED) is 0.231. The third-order valence-corrected chi connectivity index (χ3v) is 6.51. The van der Waals surface area contributed by atoms with Gasteiger partial charge in [0.2, 0.25) is 5.95 Å². The Hall–Kier alpha value is -3.52. The number of piperidine rings is 1. The smallest absolute Gasteiger partial charge is 0.259 e. The fourth-order valence-corrected chi connectivity index (χ4v) is 4.49. The van der Waals surface area contributed by atoms with E-state index in [0.717, 1.165) is 44.5 Å². The predicted octanol–water partition coefficient (Wildman–Crippen LogP) is 5.96. The number of amidine groups is 1. The van der Waals surface area contributed by atoms with E-state index in [-0.39, 0.29) is 11.7 Å². The van der Waals surface area contributed by atoms with E-state index in [2.05, 4.69) is 14.9 Å². The van der Waals surface area contributed by atoms with Crippen molar-refractivity contribution in [2.45, 2.75) is 32.1 Å². The number of aliphatic imine (C=N–C) groups is 1. The molecule has 1 aliphatic heterocycles. The molecule has 2 aromatic carbocycles. The number of likely N-dealkylation sites (tertiary alicyclic amines) is 1. The van der Waals surface area contributed by atoms with Gasteiger partial charge in [-0.25, -0.2) is 18.8 Å². The molecule has 1 fully saturated rings. The number of halogens is 3. The Labute approximate surface area is 209 Å². The molecule has 1 aromatic heterocycles. The lowest BCUT2D eigenvalue weighted by Crippen LogP contribution is -2.39. The third kappa shape index (κ3) is 6.79. The summed E-state index contributed by atoms with van der Waals surface area (Å²) in [6.45, 7) is 4.82. The second-order valence-corrected chi connectivity index (χ2v) is 8.98. The van der Waals surface area contributed by atoms with E-state index in [1.807, 2.05) is 6.07 Å². The Bertz CT molecular complexity index is 1170. The molecular weight excluding hydrogens is 465 g/mol. The normalized spacial score (nSPS) is 15.2. The molecule has 5 nitrogen and oxygen atoms in total. The molecule has 0 aliphatic carbocycles. The number of pyridine rings is 1. The van der Waals surface area contributed by atoms with Gasteiger partial charge in [0.1, 0.15) is 17.5 Å². The van der Waals surface area contributed by atoms with Gasteiger partial charge in [-0.1, -0.05) is 6.07 Å². The number of nitrogens with zero attached hydrogens (tertiary/aromatic N) is 4. The number of aromatic nitrogens is 1. The molecule has 4 rings (SSSR count). The summed E-state index contributed by atoms with van der Waals surface area (Å²) in [6, 6.07) is 14.4. The zero-order valence-electron chi connectivity index (χ0n) is 20.2. The van der Waals surface area contributed by atoms with Crippen LogP contribution >= 0.6 is 0 Å². The van der Waals surface area contributed by atoms with Crippen molar-refractivity contribution in [3.63, 3.8) is 0 Å². The lowest BCUT2D eigenvalue weighted by molar-refractivity contribution is 0.0839. The highest BCUT2D eigenvalue weighted by atomic mass is 19.1. The number of carbonyl (C=O) groups excluding carboxylic acids is 1. The van der Waals surface area contributed by atoms with Crippen LogP contribution in [0.25, 0.3) is 0 Å². The van der Waals surface area contributed by atoms with Crippen molar-refractivity contribution in [2.24, 2.45) is 4.99 Å². The number of rotatable bonds is 7. The molecule has 0 unspecified atom stereocenters. The zero-order valence-corrected chi connectivity index (χ0v) is 20.2. The van der Waals surface area contributed by atoms with Crippen molar-refractivity contribution in [1.29, 1.82) is 0 Å². The summed E-state index contributed by atoms with van der Waals surface area (Å²) in [5.41, 5.74) is 1.99. The van der Waals surface area contributed by atoms with Crippen LogP contribution in [-0.4, -0.2) is 52.7 Å². The van der Waals surface area contributed by atoms with Crippen LogP contribution in [0.5, 0.6) is 0 Å². The van der Waals surface area contributed by atoms with Gasteiger partial charge < -0.3 is 4.90 Å². The monoisotopic (exact) mass is 494 g/mol. The van der Waals surface area contributed by atoms with Gasteiger partial charge in [0.05, 0.1) is 5.69 Å². The van der Waals surface area contributed by atoms with Gasteiger partial charge in [0, 0.05) is 18.3 Å². The first-order valence-corrected chi connectivity index (χ1v) is 12.1. The van der Waals surface area contributed by atoms with Crippen molar-refractivity contribution in [3.05, 3.63) is 95.6 Å². The van der Waals surface area contributed by atoms with E-state index in [9.17, 15) is 18.0 Å². The van der Waals surface area contributed by atoms with Crippen molar-refractivity contribution in [3.8, 4) is 0 Å². The molecule has 0 atom stereocenters. The lowest BCUT2D eigenvalue weighted by atomic mass is 9.90. The maximum Gasteiger partial charge on any atom is 0.259 e. The highest BCUT2D eigenvalue weighted by Crippen LogP contribution is 2.27. The molecule has 0 radical (unpaired) electrons. The highest BCUT2D eigenvalue weighted by molar-refractivity contribution is 6.06. The highest BCUT2D eigenvalue weighted by Gasteiger charge is 2.22. The van der Waals surface area contributed by atoms with Crippen molar-refractivity contribution >= 4 is 17.4 Å². The van der Waals surface area contributed by atoms with Crippen LogP contribution < -0.4 is 0 Å². The minimum absolute atomic E-state index is 0.263. The molecular formula is C28H29F3N4O. The summed E-state index contributed by atoms with van der Waals surface area (Å²) in [5.74, 6) is -0.635. The molecule has 8 heteroatoms. The maximum absolute atomic E-state index is 13.4. The van der Waals surface area contributed by atoms with Crippen LogP contribution in [0.3, 0.4) is 0 Å². The van der Waals surface area contributed by atoms with Crippen molar-refractivity contribution in [2.75, 3.05) is 26.2 Å². The zero-order chi connectivity index (χ0) is 25.5. The minimum Gasteiger partial charge on any atom is -0.303 e. The molecule has 0 spiro atoms. The first-order chi connectivity index (χ1) is 17.4. The fourth-order valence-electron chi connectivity index (χ4n) is 4.49. The van der Waals surface area contributed by atoms with E-state index >= 15 is 0 Å². The van der Waals surface area contributed by atoms with Gasteiger partial charge >= 0.3 is 0 Å². The molecule has 0 saturated carbocycles. The average Bonchev–Trinajstić information content (AvgIpc) is 2.89. The second kappa shape index (κ2) is 11.9. The molecule has 36 heavy (non-hydrogen) atoms. The summed E-state index contributed by atoms with van der Waals surface area (Å²) < 4.78 is 39.8. The summed E-state index contributed by atoms with van der Waals surface area (Å²) >= 11 is 0. The number of amides is 1. The molecule has 0 bridgehead atoms. The SMILES string of the molecule is CC(=Nc1ccc(F)cc1)N(CCCN1CCC(c2ccc(F)nc2)CC1)C(=O)c1ccc(F)cc1. The van der Waals surface area contributed by atoms with Crippen LogP contribution in [0, 0.1) is 17.6 Å². The minimum atomic E-state index is -0.464. The number of carbonyl (C=O) groups is 1. The largest absolute Gasteiger partial charge is 0.303 e. The van der Waals surface area contributed by atoms with E-state index in [0.29, 0.717) is 29.5 Å². The van der Waals surface area contributed by atoms with Crippen LogP contribution in [0.2, 0.25) is 0 Å². The number of hydrogen-bond acceptors (Lipinski definition) is 4. The van der Waals surface area contributed by atoms with Gasteiger partial charge in [-0.3, -0.25) is 9.69 Å². The van der Waals surface area contributed by atoms with Crippen LogP contribution in [0.4, 0.5) is 18.9 Å². The van der Waals surface area contributed by atoms with Crippen molar-refractivity contribution < 1.29 is 18.0 Å². The topological polar surface area (TPSA) is 48.8 Å². The Morgan fingerprint density at radius 2 is 1.61 bits per heavy atom. The van der Waals surface area contributed by atoms with E-state index in [1.54, 1.807) is 30.2 Å². The van der Waals surface area contributed by atoms with Gasteiger partial charge in [-0.05, 0) is 112 Å². The van der Waals surface area contributed by atoms with Crippen LogP contribution in [0.1, 0.15) is 48.0 Å². The molecule has 2 heterocycles. The summed E-state index contributed by atoms with van der Waals surface area (Å²) in [7, 11) is 0. The van der Waals surface area contributed by atoms with E-state index in [4.69, 9.17) is 0 Å². The van der Waals surface area contributed by atoms with Crippen LogP contribution in [-0.2, 0) is 0 Å². The van der Waals surface area contributed by atoms with E-state index < -0.39 is 11.8 Å². The van der Waals surface area contributed by atoms with Gasteiger partial charge in [0.25, 0.3) is 5.91 Å². The number of hydrogen-bond donors (Lipinski definition) is 0. The van der Waals surface area contributed by atoms with Gasteiger partial charge in [-0.2, -0.15) is 4.39 Å². The Morgan fingerprint density at radius 3 is 2.22 bits per heavy atom. The fraction of sp³-hybridized carbons (Fsp3) is 0.321. The Balaban J connectivity index is 1.38. The molecule has 0 N–H and O–H groups in total. The molecule has 1 saturated heterocycles. The standard InChI is InChI=1S/C28H29F3N4O/c1-20(33-26-10-8-25(30)9-11-26)35(28(36)22-3-6-24(29)7-4-22)16-2-15-34-17-13-21(14-18-34)23-5-12-27(31)32-19-23/h3-12,19,21H,2,13-18H2,1H3. The third-order valence-electron chi connectivity index (χ3n) is 6.51. The molecule has 1 amide bonds. The predicted molar refractivity (Wildman–Crippen MR) is 134 cm³/mol. The maximum atomic E-state index is 13.4. The summed E-state index contributed by atoms with van der Waals surface area (Å²) in [4.78, 5) is 25.5. The Kier molecular flexibility index (Phi) is 8.48. The van der Waals surface area contributed by atoms with Gasteiger partial charge in [-0.15, -0.1) is 0 Å². The molecule has 1 aliphatic rings. The second-order valence-electron chi connectivity index (χ2n) is 8.98. The van der Waals surface area contributed by atoms with Crippen LogP contribution in [0.15, 0.2) is 71.9 Å². The first-order valence-electron chi connectivity index (χ1n) is 12.1. The summed E-state index contributed by atoms with van der Waals surface area (Å²) in [5, 5.41) is 0. The molecule has 3 aromatic rings. The summed E-state index contributed by atoms with van der Waals surface area (Å²) in [6.07, 6.45) is 4.29. The van der Waals surface area contributed by atoms with Gasteiger partial charge in [0.15, 0.2) is 0 Å². The lowest BCUT2D eigenvalue weighted by Gasteiger charge is -2.32. The average molecular weight is 495 g/mol. The van der Waals surface area contributed by atoms with E-state index in [1.165, 1.54) is 42.5 Å².